The topological polar surface area (TPSA) is 29.5 Å². The summed E-state index contributed by atoms with van der Waals surface area (Å²) in [7, 11) is 0. The summed E-state index contributed by atoms with van der Waals surface area (Å²) in [5, 5.41) is 10.1. The molecule has 100 valence electrons. The number of aryl methyl sites for hydroxylation is 2. The number of aliphatic hydroxyl groups is 1. The second-order valence-corrected chi connectivity index (χ2v) is 6.45. The smallest absolute Gasteiger partial charge is 0.125 e. The minimum Gasteiger partial charge on any atom is -0.488 e. The number of benzene rings is 1. The zero-order valence-corrected chi connectivity index (χ0v) is 11.9. The van der Waals surface area contributed by atoms with Crippen molar-refractivity contribution in [2.75, 3.05) is 0 Å². The third-order valence-corrected chi connectivity index (χ3v) is 3.78. The van der Waals surface area contributed by atoms with Crippen molar-refractivity contribution in [1.29, 1.82) is 0 Å². The summed E-state index contributed by atoms with van der Waals surface area (Å²) in [5.41, 5.74) is 2.67. The maximum absolute atomic E-state index is 10.1. The molecule has 1 aromatic carbocycles. The van der Waals surface area contributed by atoms with Gasteiger partial charge in [0.25, 0.3) is 0 Å². The maximum Gasteiger partial charge on any atom is 0.125 e. The van der Waals surface area contributed by atoms with Crippen LogP contribution >= 0.6 is 0 Å². The Bertz CT molecular complexity index is 403. The first kappa shape index (κ1) is 13.4. The van der Waals surface area contributed by atoms with Crippen molar-refractivity contribution in [3.05, 3.63) is 29.3 Å². The molecule has 18 heavy (non-hydrogen) atoms. The van der Waals surface area contributed by atoms with Crippen LogP contribution in [0.5, 0.6) is 5.75 Å². The summed E-state index contributed by atoms with van der Waals surface area (Å²) in [6.07, 6.45) is 2.42. The molecule has 2 heteroatoms. The van der Waals surface area contributed by atoms with Crippen LogP contribution in [0.25, 0.3) is 0 Å². The van der Waals surface area contributed by atoms with Gasteiger partial charge < -0.3 is 9.84 Å². The van der Waals surface area contributed by atoms with Gasteiger partial charge in [0.1, 0.15) is 11.9 Å². The van der Waals surface area contributed by atoms with Crippen molar-refractivity contribution in [1.82, 2.24) is 0 Å². The van der Waals surface area contributed by atoms with E-state index in [0.717, 1.165) is 25.0 Å². The van der Waals surface area contributed by atoms with Gasteiger partial charge in [0.2, 0.25) is 0 Å². The zero-order valence-electron chi connectivity index (χ0n) is 11.9. The fourth-order valence-corrected chi connectivity index (χ4v) is 2.80. The van der Waals surface area contributed by atoms with E-state index < -0.39 is 0 Å². The minimum atomic E-state index is -0.334. The van der Waals surface area contributed by atoms with Crippen LogP contribution in [0.15, 0.2) is 18.2 Å². The first-order valence-electron chi connectivity index (χ1n) is 6.79. The Morgan fingerprint density at radius 3 is 2.39 bits per heavy atom. The van der Waals surface area contributed by atoms with E-state index in [1.54, 1.807) is 0 Å². The molecule has 0 spiro atoms. The van der Waals surface area contributed by atoms with Crippen LogP contribution in [0.3, 0.4) is 0 Å². The van der Waals surface area contributed by atoms with Gasteiger partial charge >= 0.3 is 0 Å². The highest BCUT2D eigenvalue weighted by atomic mass is 16.5. The quantitative estimate of drug-likeness (QED) is 0.866. The largest absolute Gasteiger partial charge is 0.488 e. The average Bonchev–Trinajstić information content (AvgIpc) is 2.22. The predicted molar refractivity (Wildman–Crippen MR) is 74.0 cm³/mol. The van der Waals surface area contributed by atoms with Gasteiger partial charge in [-0.3, -0.25) is 0 Å². The maximum atomic E-state index is 10.1. The van der Waals surface area contributed by atoms with E-state index in [-0.39, 0.29) is 17.6 Å². The van der Waals surface area contributed by atoms with Gasteiger partial charge in [-0.15, -0.1) is 0 Å². The molecular weight excluding hydrogens is 224 g/mol. The Labute approximate surface area is 110 Å². The summed E-state index contributed by atoms with van der Waals surface area (Å²) >= 11 is 0. The van der Waals surface area contributed by atoms with Crippen molar-refractivity contribution in [3.63, 3.8) is 0 Å². The molecule has 1 aliphatic rings. The van der Waals surface area contributed by atoms with Crippen molar-refractivity contribution in [2.45, 2.75) is 59.2 Å². The molecule has 1 aromatic rings. The highest BCUT2D eigenvalue weighted by Crippen LogP contribution is 2.37. The molecule has 2 unspecified atom stereocenters. The first-order chi connectivity index (χ1) is 8.35. The molecule has 2 nitrogen and oxygen atoms in total. The minimum absolute atomic E-state index is 0.0741. The van der Waals surface area contributed by atoms with Gasteiger partial charge in [0, 0.05) is 0 Å². The van der Waals surface area contributed by atoms with Crippen molar-refractivity contribution >= 4 is 0 Å². The molecule has 0 radical (unpaired) electrons. The molecule has 0 bridgehead atoms. The Morgan fingerprint density at radius 2 is 1.78 bits per heavy atom. The zero-order chi connectivity index (χ0) is 13.3. The number of aliphatic hydroxyl groups excluding tert-OH is 1. The summed E-state index contributed by atoms with van der Waals surface area (Å²) in [6.45, 7) is 8.63. The Hall–Kier alpha value is -1.02. The van der Waals surface area contributed by atoms with Gasteiger partial charge in [-0.2, -0.15) is 0 Å². The predicted octanol–water partition coefficient (Wildman–Crippen LogP) is 3.62. The van der Waals surface area contributed by atoms with E-state index in [0.29, 0.717) is 0 Å². The van der Waals surface area contributed by atoms with Gasteiger partial charge in [-0.25, -0.2) is 0 Å². The molecular formula is C16H24O2. The van der Waals surface area contributed by atoms with Crippen LogP contribution in [0, 0.1) is 19.3 Å². The Balaban J connectivity index is 2.12. The number of ether oxygens (including phenoxy) is 1. The lowest BCUT2D eigenvalue weighted by Crippen LogP contribution is -2.41. The van der Waals surface area contributed by atoms with Crippen molar-refractivity contribution < 1.29 is 9.84 Å². The standard InChI is InChI=1S/C16H24O2/c1-11-7-12(2)9-13(8-11)18-15-10-16(3,4)6-5-14(15)17/h7-9,14-15,17H,5-6,10H2,1-4H3. The molecule has 2 atom stereocenters. The molecule has 0 amide bonds. The summed E-state index contributed by atoms with van der Waals surface area (Å²) in [6, 6.07) is 6.22. The molecule has 0 saturated heterocycles. The molecule has 0 aliphatic heterocycles. The Morgan fingerprint density at radius 1 is 1.17 bits per heavy atom. The molecule has 0 aromatic heterocycles. The molecule has 0 heterocycles. The third kappa shape index (κ3) is 3.26. The summed E-state index contributed by atoms with van der Waals surface area (Å²) in [5.74, 6) is 0.884. The second kappa shape index (κ2) is 4.93. The van der Waals surface area contributed by atoms with Gasteiger partial charge in [-0.05, 0) is 61.8 Å². The lowest BCUT2D eigenvalue weighted by molar-refractivity contribution is -0.0304. The fraction of sp³-hybridized carbons (Fsp3) is 0.625. The second-order valence-electron chi connectivity index (χ2n) is 6.45. The lowest BCUT2D eigenvalue weighted by Gasteiger charge is -2.38. The van der Waals surface area contributed by atoms with E-state index in [9.17, 15) is 5.11 Å². The van der Waals surface area contributed by atoms with E-state index in [1.165, 1.54) is 11.1 Å². The molecule has 1 fully saturated rings. The van der Waals surface area contributed by atoms with Gasteiger partial charge in [-0.1, -0.05) is 19.9 Å². The van der Waals surface area contributed by atoms with E-state index >= 15 is 0 Å². The number of rotatable bonds is 2. The van der Waals surface area contributed by atoms with Crippen LogP contribution in [-0.4, -0.2) is 17.3 Å². The molecule has 1 aliphatic carbocycles. The monoisotopic (exact) mass is 248 g/mol. The van der Waals surface area contributed by atoms with Crippen molar-refractivity contribution in [3.8, 4) is 5.75 Å². The van der Waals surface area contributed by atoms with Gasteiger partial charge in [0.05, 0.1) is 6.10 Å². The van der Waals surface area contributed by atoms with Gasteiger partial charge in [0.15, 0.2) is 0 Å². The van der Waals surface area contributed by atoms with Crippen LogP contribution in [0.4, 0.5) is 0 Å². The third-order valence-electron chi connectivity index (χ3n) is 3.78. The summed E-state index contributed by atoms with van der Waals surface area (Å²) < 4.78 is 6.01. The van der Waals surface area contributed by atoms with E-state index in [1.807, 2.05) is 12.1 Å². The normalized spacial score (nSPS) is 26.9. The first-order valence-corrected chi connectivity index (χ1v) is 6.79. The van der Waals surface area contributed by atoms with Crippen LogP contribution in [-0.2, 0) is 0 Å². The summed E-state index contributed by atoms with van der Waals surface area (Å²) in [4.78, 5) is 0. The van der Waals surface area contributed by atoms with Crippen LogP contribution < -0.4 is 4.74 Å². The van der Waals surface area contributed by atoms with E-state index in [2.05, 4.69) is 33.8 Å². The van der Waals surface area contributed by atoms with Crippen LogP contribution in [0.1, 0.15) is 44.2 Å². The average molecular weight is 248 g/mol. The van der Waals surface area contributed by atoms with Crippen molar-refractivity contribution in [2.24, 2.45) is 5.41 Å². The highest BCUT2D eigenvalue weighted by molar-refractivity contribution is 5.33. The van der Waals surface area contributed by atoms with E-state index in [4.69, 9.17) is 4.74 Å². The Kier molecular flexibility index (Phi) is 3.67. The molecule has 1 N–H and O–H groups in total. The fourth-order valence-electron chi connectivity index (χ4n) is 2.80. The SMILES string of the molecule is Cc1cc(C)cc(OC2CC(C)(C)CCC2O)c1. The number of hydrogen-bond acceptors (Lipinski definition) is 2. The van der Waals surface area contributed by atoms with Crippen LogP contribution in [0.2, 0.25) is 0 Å². The lowest BCUT2D eigenvalue weighted by atomic mass is 9.75. The highest BCUT2D eigenvalue weighted by Gasteiger charge is 2.35. The molecule has 1 saturated carbocycles. The molecule has 2 rings (SSSR count). The number of hydrogen-bond donors (Lipinski definition) is 1.